The Hall–Kier alpha value is -3.14. The van der Waals surface area contributed by atoms with Gasteiger partial charge in [-0.25, -0.2) is 0 Å². The second-order valence-corrected chi connectivity index (χ2v) is 5.38. The fourth-order valence-electron chi connectivity index (χ4n) is 2.27. The van der Waals surface area contributed by atoms with Crippen molar-refractivity contribution in [1.29, 1.82) is 0 Å². The molecule has 120 valence electrons. The molecule has 0 atom stereocenters. The molecule has 1 N–H and O–H groups in total. The number of hydrogen-bond donors (Lipinski definition) is 1. The van der Waals surface area contributed by atoms with Crippen molar-refractivity contribution < 1.29 is 9.53 Å². The number of benzene rings is 2. The minimum atomic E-state index is -0.0563. The van der Waals surface area contributed by atoms with E-state index < -0.39 is 0 Å². The maximum absolute atomic E-state index is 12.0. The average molecular weight is 318 g/mol. The molecule has 24 heavy (non-hydrogen) atoms. The van der Waals surface area contributed by atoms with E-state index in [0.717, 1.165) is 22.6 Å². The van der Waals surface area contributed by atoms with Crippen molar-refractivity contribution in [2.24, 2.45) is 0 Å². The van der Waals surface area contributed by atoms with Gasteiger partial charge in [0.05, 0.1) is 6.42 Å². The molecule has 0 bridgehead atoms. The molecule has 0 fully saturated rings. The van der Waals surface area contributed by atoms with Gasteiger partial charge in [0.15, 0.2) is 0 Å². The first-order chi connectivity index (χ1) is 11.8. The van der Waals surface area contributed by atoms with Gasteiger partial charge in [0.25, 0.3) is 0 Å². The fourth-order valence-corrected chi connectivity index (χ4v) is 2.27. The summed E-state index contributed by atoms with van der Waals surface area (Å²) < 4.78 is 5.73. The van der Waals surface area contributed by atoms with Gasteiger partial charge in [0, 0.05) is 18.1 Å². The summed E-state index contributed by atoms with van der Waals surface area (Å²) in [5, 5.41) is 2.88. The Morgan fingerprint density at radius 1 is 0.875 bits per heavy atom. The lowest BCUT2D eigenvalue weighted by molar-refractivity contribution is -0.115. The van der Waals surface area contributed by atoms with Crippen LogP contribution in [0, 0.1) is 0 Å². The highest BCUT2D eigenvalue weighted by Gasteiger charge is 2.04. The number of pyridine rings is 1. The molecule has 3 aromatic rings. The van der Waals surface area contributed by atoms with Crippen LogP contribution >= 0.6 is 0 Å². The summed E-state index contributed by atoms with van der Waals surface area (Å²) in [6.45, 7) is 0.522. The monoisotopic (exact) mass is 318 g/mol. The average Bonchev–Trinajstić information content (AvgIpc) is 2.63. The van der Waals surface area contributed by atoms with Crippen LogP contribution in [0.2, 0.25) is 0 Å². The van der Waals surface area contributed by atoms with E-state index in [2.05, 4.69) is 10.3 Å². The third-order valence-electron chi connectivity index (χ3n) is 3.50. The second kappa shape index (κ2) is 7.92. The van der Waals surface area contributed by atoms with E-state index in [1.807, 2.05) is 66.7 Å². The van der Waals surface area contributed by atoms with Gasteiger partial charge in [-0.1, -0.05) is 30.3 Å². The number of amides is 1. The Bertz CT molecular complexity index is 772. The molecule has 0 spiro atoms. The van der Waals surface area contributed by atoms with Crippen LogP contribution in [0.5, 0.6) is 5.75 Å². The van der Waals surface area contributed by atoms with E-state index >= 15 is 0 Å². The maximum atomic E-state index is 12.0. The van der Waals surface area contributed by atoms with Gasteiger partial charge < -0.3 is 10.1 Å². The molecule has 0 saturated carbocycles. The SMILES string of the molecule is O=C(Cc1ccncc1)Nc1ccc(OCc2ccccc2)cc1. The zero-order valence-corrected chi connectivity index (χ0v) is 13.2. The Balaban J connectivity index is 1.51. The van der Waals surface area contributed by atoms with Crippen LogP contribution in [0.4, 0.5) is 5.69 Å². The number of hydrogen-bond acceptors (Lipinski definition) is 3. The van der Waals surface area contributed by atoms with Crippen LogP contribution in [0.3, 0.4) is 0 Å². The lowest BCUT2D eigenvalue weighted by Crippen LogP contribution is -2.14. The first-order valence-electron chi connectivity index (χ1n) is 7.75. The number of aromatic nitrogens is 1. The smallest absolute Gasteiger partial charge is 0.228 e. The summed E-state index contributed by atoms with van der Waals surface area (Å²) in [5.74, 6) is 0.713. The molecule has 0 saturated heterocycles. The van der Waals surface area contributed by atoms with Gasteiger partial charge in [-0.05, 0) is 47.5 Å². The van der Waals surface area contributed by atoms with Crippen molar-refractivity contribution in [1.82, 2.24) is 4.98 Å². The van der Waals surface area contributed by atoms with Gasteiger partial charge in [-0.3, -0.25) is 9.78 Å². The Kier molecular flexibility index (Phi) is 5.20. The number of carbonyl (C=O) groups excluding carboxylic acids is 1. The molecular weight excluding hydrogens is 300 g/mol. The Morgan fingerprint density at radius 2 is 1.58 bits per heavy atom. The molecule has 3 rings (SSSR count). The number of nitrogens with one attached hydrogen (secondary N) is 1. The van der Waals surface area contributed by atoms with Crippen molar-refractivity contribution >= 4 is 11.6 Å². The van der Waals surface area contributed by atoms with Crippen LogP contribution in [0.1, 0.15) is 11.1 Å². The van der Waals surface area contributed by atoms with Gasteiger partial charge in [0.1, 0.15) is 12.4 Å². The Labute approximate surface area is 141 Å². The molecule has 0 aliphatic rings. The maximum Gasteiger partial charge on any atom is 0.228 e. The molecule has 1 heterocycles. The molecule has 4 nitrogen and oxygen atoms in total. The van der Waals surface area contributed by atoms with Crippen LogP contribution in [0.25, 0.3) is 0 Å². The summed E-state index contributed by atoms with van der Waals surface area (Å²) >= 11 is 0. The fraction of sp³-hybridized carbons (Fsp3) is 0.100. The summed E-state index contributed by atoms with van der Waals surface area (Å²) in [7, 11) is 0. The van der Waals surface area contributed by atoms with Gasteiger partial charge in [-0.15, -0.1) is 0 Å². The molecule has 1 amide bonds. The van der Waals surface area contributed by atoms with Crippen molar-refractivity contribution in [3.63, 3.8) is 0 Å². The quantitative estimate of drug-likeness (QED) is 0.751. The molecule has 0 aliphatic heterocycles. The van der Waals surface area contributed by atoms with Gasteiger partial charge in [-0.2, -0.15) is 0 Å². The Morgan fingerprint density at radius 3 is 2.29 bits per heavy atom. The topological polar surface area (TPSA) is 51.2 Å². The van der Waals surface area contributed by atoms with E-state index in [0.29, 0.717) is 13.0 Å². The van der Waals surface area contributed by atoms with E-state index in [-0.39, 0.29) is 5.91 Å². The largest absolute Gasteiger partial charge is 0.489 e. The van der Waals surface area contributed by atoms with E-state index in [4.69, 9.17) is 4.74 Å². The van der Waals surface area contributed by atoms with E-state index in [1.165, 1.54) is 0 Å². The highest BCUT2D eigenvalue weighted by Crippen LogP contribution is 2.17. The van der Waals surface area contributed by atoms with Crippen molar-refractivity contribution in [3.8, 4) is 5.75 Å². The standard InChI is InChI=1S/C20H18N2O2/c23-20(14-16-10-12-21-13-11-16)22-18-6-8-19(9-7-18)24-15-17-4-2-1-3-5-17/h1-13H,14-15H2,(H,22,23). The lowest BCUT2D eigenvalue weighted by Gasteiger charge is -2.08. The number of rotatable bonds is 6. The predicted molar refractivity (Wildman–Crippen MR) is 93.8 cm³/mol. The third-order valence-corrected chi connectivity index (χ3v) is 3.50. The van der Waals surface area contributed by atoms with Gasteiger partial charge in [0.2, 0.25) is 5.91 Å². The van der Waals surface area contributed by atoms with Crippen LogP contribution in [-0.4, -0.2) is 10.9 Å². The van der Waals surface area contributed by atoms with E-state index in [9.17, 15) is 4.79 Å². The zero-order valence-electron chi connectivity index (χ0n) is 13.2. The first-order valence-corrected chi connectivity index (χ1v) is 7.75. The zero-order chi connectivity index (χ0) is 16.6. The van der Waals surface area contributed by atoms with Crippen LogP contribution in [-0.2, 0) is 17.8 Å². The third kappa shape index (κ3) is 4.68. The lowest BCUT2D eigenvalue weighted by atomic mass is 10.2. The molecule has 2 aromatic carbocycles. The highest BCUT2D eigenvalue weighted by atomic mass is 16.5. The van der Waals surface area contributed by atoms with Crippen molar-refractivity contribution in [2.75, 3.05) is 5.32 Å². The van der Waals surface area contributed by atoms with Crippen molar-refractivity contribution in [2.45, 2.75) is 13.0 Å². The molecule has 4 heteroatoms. The minimum absolute atomic E-state index is 0.0563. The number of nitrogens with zero attached hydrogens (tertiary/aromatic N) is 1. The number of ether oxygens (including phenoxy) is 1. The summed E-state index contributed by atoms with van der Waals surface area (Å²) in [4.78, 5) is 16.0. The molecule has 1 aromatic heterocycles. The molecule has 0 unspecified atom stereocenters. The van der Waals surface area contributed by atoms with Gasteiger partial charge >= 0.3 is 0 Å². The number of carbonyl (C=O) groups is 1. The summed E-state index contributed by atoms with van der Waals surface area (Å²) in [6, 6.07) is 21.0. The molecule has 0 aliphatic carbocycles. The minimum Gasteiger partial charge on any atom is -0.489 e. The van der Waals surface area contributed by atoms with E-state index in [1.54, 1.807) is 12.4 Å². The highest BCUT2D eigenvalue weighted by molar-refractivity contribution is 5.92. The van der Waals surface area contributed by atoms with Crippen LogP contribution in [0.15, 0.2) is 79.1 Å². The van der Waals surface area contributed by atoms with Crippen molar-refractivity contribution in [3.05, 3.63) is 90.3 Å². The number of anilines is 1. The second-order valence-electron chi connectivity index (χ2n) is 5.38. The summed E-state index contributed by atoms with van der Waals surface area (Å²) in [5.41, 5.74) is 2.80. The predicted octanol–water partition coefficient (Wildman–Crippen LogP) is 3.84. The molecular formula is C20H18N2O2. The molecule has 0 radical (unpaired) electrons. The first kappa shape index (κ1) is 15.7. The summed E-state index contributed by atoms with van der Waals surface area (Å²) in [6.07, 6.45) is 3.69. The normalized spacial score (nSPS) is 10.2. The van der Waals surface area contributed by atoms with Crippen LogP contribution < -0.4 is 10.1 Å².